The number of benzene rings is 1. The van der Waals surface area contributed by atoms with E-state index in [1.54, 1.807) is 6.07 Å². The van der Waals surface area contributed by atoms with E-state index in [1.807, 2.05) is 28.7 Å². The Balaban J connectivity index is -0.000000480. The molecule has 1 aromatic rings. The third-order valence-corrected chi connectivity index (χ3v) is 4.89. The van der Waals surface area contributed by atoms with Gasteiger partial charge in [0.15, 0.2) is 0 Å². The molecule has 0 fully saturated rings. The summed E-state index contributed by atoms with van der Waals surface area (Å²) in [6.45, 7) is 0. The molecule has 0 spiro atoms. The third kappa shape index (κ3) is 6.29. The van der Waals surface area contributed by atoms with Gasteiger partial charge in [-0.05, 0) is 79.9 Å². The second-order valence-electron chi connectivity index (χ2n) is 2.05. The van der Waals surface area contributed by atoms with Crippen molar-refractivity contribution >= 4 is 111 Å². The van der Waals surface area contributed by atoms with Crippen molar-refractivity contribution in [2.75, 3.05) is 0 Å². The van der Waals surface area contributed by atoms with Crippen molar-refractivity contribution in [1.29, 1.82) is 0 Å². The van der Waals surface area contributed by atoms with Gasteiger partial charge in [0.2, 0.25) is 0 Å². The molecule has 0 bridgehead atoms. The second-order valence-corrected chi connectivity index (χ2v) is 5.54. The highest BCUT2D eigenvalue weighted by Gasteiger charge is 2.11. The van der Waals surface area contributed by atoms with Crippen LogP contribution in [0.25, 0.3) is 0 Å². The highest BCUT2D eigenvalue weighted by atomic mass is 127. The molecular formula is C7H6Cl3I3O2. The van der Waals surface area contributed by atoms with Crippen molar-refractivity contribution in [3.63, 3.8) is 0 Å². The summed E-state index contributed by atoms with van der Waals surface area (Å²) in [5.74, 6) is -0.865. The van der Waals surface area contributed by atoms with Crippen LogP contribution < -0.4 is 0 Å². The normalized spacial score (nSPS) is 7.93. The molecule has 0 aliphatic heterocycles. The molecule has 0 atom stereocenters. The number of halogens is 6. The van der Waals surface area contributed by atoms with E-state index in [1.165, 1.54) is 0 Å². The van der Waals surface area contributed by atoms with Crippen LogP contribution in [0.2, 0.25) is 0 Å². The number of carboxylic acid groups (broad SMARTS) is 1. The molecule has 8 heteroatoms. The number of hydrogen-bond donors (Lipinski definition) is 1. The first kappa shape index (κ1) is 22.0. The van der Waals surface area contributed by atoms with Gasteiger partial charge in [-0.3, -0.25) is 0 Å². The SMILES string of the molecule is Cl.Cl.Cl.O=C(O)c1cc(I)cc(I)c1I. The quantitative estimate of drug-likeness (QED) is 0.378. The first-order valence-corrected chi connectivity index (χ1v) is 6.14. The molecule has 0 unspecified atom stereocenters. The van der Waals surface area contributed by atoms with Crippen LogP contribution in [0.4, 0.5) is 0 Å². The molecular weight excluding hydrogens is 603 g/mol. The Kier molecular flexibility index (Phi) is 14.3. The predicted molar refractivity (Wildman–Crippen MR) is 93.3 cm³/mol. The van der Waals surface area contributed by atoms with Gasteiger partial charge < -0.3 is 5.11 Å². The number of carbonyl (C=O) groups is 1. The Morgan fingerprint density at radius 3 is 1.93 bits per heavy atom. The van der Waals surface area contributed by atoms with Crippen molar-refractivity contribution in [1.82, 2.24) is 0 Å². The third-order valence-electron chi connectivity index (χ3n) is 1.22. The molecule has 1 N–H and O–H groups in total. The van der Waals surface area contributed by atoms with Crippen molar-refractivity contribution in [3.8, 4) is 0 Å². The van der Waals surface area contributed by atoms with Gasteiger partial charge in [0.1, 0.15) is 0 Å². The molecule has 0 heterocycles. The van der Waals surface area contributed by atoms with Crippen molar-refractivity contribution in [2.24, 2.45) is 0 Å². The minimum Gasteiger partial charge on any atom is -0.478 e. The Bertz CT molecular complexity index is 346. The Hall–Kier alpha value is 1.75. The van der Waals surface area contributed by atoms with Gasteiger partial charge in [0.25, 0.3) is 0 Å². The Labute approximate surface area is 147 Å². The lowest BCUT2D eigenvalue weighted by Gasteiger charge is -2.02. The van der Waals surface area contributed by atoms with Crippen LogP contribution in [0.1, 0.15) is 10.4 Å². The lowest BCUT2D eigenvalue weighted by atomic mass is 10.2. The fourth-order valence-electron chi connectivity index (χ4n) is 0.712. The van der Waals surface area contributed by atoms with E-state index in [2.05, 4.69) is 45.2 Å². The Morgan fingerprint density at radius 2 is 1.53 bits per heavy atom. The van der Waals surface area contributed by atoms with E-state index in [9.17, 15) is 4.79 Å². The van der Waals surface area contributed by atoms with Gasteiger partial charge in [-0.25, -0.2) is 4.79 Å². The maximum Gasteiger partial charge on any atom is 0.336 e. The maximum atomic E-state index is 10.7. The molecule has 0 aromatic heterocycles. The molecule has 1 rings (SSSR count). The van der Waals surface area contributed by atoms with Crippen LogP contribution in [-0.4, -0.2) is 11.1 Å². The number of aromatic carboxylic acids is 1. The smallest absolute Gasteiger partial charge is 0.336 e. The monoisotopic (exact) mass is 608 g/mol. The minimum absolute atomic E-state index is 0. The molecule has 15 heavy (non-hydrogen) atoms. The largest absolute Gasteiger partial charge is 0.478 e. The summed E-state index contributed by atoms with van der Waals surface area (Å²) in [5, 5.41) is 8.80. The van der Waals surface area contributed by atoms with E-state index < -0.39 is 5.97 Å². The molecule has 88 valence electrons. The number of carboxylic acids is 1. The first-order valence-electron chi connectivity index (χ1n) is 2.90. The van der Waals surface area contributed by atoms with Crippen LogP contribution in [0, 0.1) is 10.7 Å². The highest BCUT2D eigenvalue weighted by Crippen LogP contribution is 2.22. The zero-order valence-electron chi connectivity index (χ0n) is 6.87. The minimum atomic E-state index is -0.865. The van der Waals surface area contributed by atoms with E-state index in [0.29, 0.717) is 5.56 Å². The predicted octanol–water partition coefficient (Wildman–Crippen LogP) is 4.46. The van der Waals surface area contributed by atoms with Gasteiger partial charge in [0.05, 0.1) is 5.56 Å². The number of rotatable bonds is 1. The molecule has 0 radical (unpaired) electrons. The summed E-state index contributed by atoms with van der Waals surface area (Å²) in [6.07, 6.45) is 0. The molecule has 2 nitrogen and oxygen atoms in total. The van der Waals surface area contributed by atoms with Crippen LogP contribution in [0.3, 0.4) is 0 Å². The zero-order chi connectivity index (χ0) is 9.30. The van der Waals surface area contributed by atoms with Crippen molar-refractivity contribution in [3.05, 3.63) is 28.4 Å². The standard InChI is InChI=1S/C7H3I3O2.3ClH/c8-3-1-4(7(11)12)6(10)5(9)2-3;;;/h1-2H,(H,11,12);3*1H. The molecule has 1 aromatic carbocycles. The van der Waals surface area contributed by atoms with Crippen molar-refractivity contribution in [2.45, 2.75) is 0 Å². The summed E-state index contributed by atoms with van der Waals surface area (Å²) >= 11 is 6.29. The van der Waals surface area contributed by atoms with E-state index in [-0.39, 0.29) is 37.2 Å². The first-order chi connectivity index (χ1) is 5.52. The average molecular weight is 609 g/mol. The summed E-state index contributed by atoms with van der Waals surface area (Å²) in [4.78, 5) is 10.7. The molecule has 0 amide bonds. The van der Waals surface area contributed by atoms with Crippen LogP contribution in [0.5, 0.6) is 0 Å². The summed E-state index contributed by atoms with van der Waals surface area (Å²) in [5.41, 5.74) is 0.381. The van der Waals surface area contributed by atoms with Crippen molar-refractivity contribution < 1.29 is 9.90 Å². The lowest BCUT2D eigenvalue weighted by molar-refractivity contribution is 0.0695. The van der Waals surface area contributed by atoms with Crippen LogP contribution in [0.15, 0.2) is 12.1 Å². The second kappa shape index (κ2) is 9.75. The molecule has 0 aliphatic carbocycles. The fraction of sp³-hybridized carbons (Fsp3) is 0. The lowest BCUT2D eigenvalue weighted by Crippen LogP contribution is -2.01. The number of hydrogen-bond acceptors (Lipinski definition) is 1. The van der Waals surface area contributed by atoms with E-state index >= 15 is 0 Å². The van der Waals surface area contributed by atoms with E-state index in [0.717, 1.165) is 10.7 Å². The average Bonchev–Trinajstić information content (AvgIpc) is 1.96. The van der Waals surface area contributed by atoms with Crippen LogP contribution >= 0.6 is 105 Å². The highest BCUT2D eigenvalue weighted by molar-refractivity contribution is 14.1. The summed E-state index contributed by atoms with van der Waals surface area (Å²) < 4.78 is 2.74. The van der Waals surface area contributed by atoms with Gasteiger partial charge >= 0.3 is 5.97 Å². The molecule has 0 aliphatic rings. The van der Waals surface area contributed by atoms with Gasteiger partial charge in [-0.1, -0.05) is 0 Å². The van der Waals surface area contributed by atoms with Gasteiger partial charge in [-0.2, -0.15) is 0 Å². The Morgan fingerprint density at radius 1 is 1.07 bits per heavy atom. The summed E-state index contributed by atoms with van der Waals surface area (Å²) in [7, 11) is 0. The maximum absolute atomic E-state index is 10.7. The van der Waals surface area contributed by atoms with Crippen LogP contribution in [-0.2, 0) is 0 Å². The van der Waals surface area contributed by atoms with E-state index in [4.69, 9.17) is 5.11 Å². The molecule has 0 saturated heterocycles. The summed E-state index contributed by atoms with van der Waals surface area (Å²) in [6, 6.07) is 3.63. The zero-order valence-corrected chi connectivity index (χ0v) is 15.8. The van der Waals surface area contributed by atoms with Gasteiger partial charge in [-0.15, -0.1) is 37.2 Å². The van der Waals surface area contributed by atoms with Gasteiger partial charge in [0, 0.05) is 10.7 Å². The topological polar surface area (TPSA) is 37.3 Å². The fourth-order valence-corrected chi connectivity index (χ4v) is 3.10. The molecule has 0 saturated carbocycles.